The zero-order valence-electron chi connectivity index (χ0n) is 22.1. The third-order valence-electron chi connectivity index (χ3n) is 7.06. The minimum absolute atomic E-state index is 0.0481. The molecule has 2 N–H and O–H groups in total. The molecule has 0 aliphatic carbocycles. The molecule has 1 amide bonds. The first-order valence-electron chi connectivity index (χ1n) is 12.8. The van der Waals surface area contributed by atoms with E-state index in [1.54, 1.807) is 6.20 Å². The Labute approximate surface area is 228 Å². The highest BCUT2D eigenvalue weighted by atomic mass is 32.1. The van der Waals surface area contributed by atoms with E-state index in [2.05, 4.69) is 63.0 Å². The first-order valence-corrected chi connectivity index (χ1v) is 13.2. The van der Waals surface area contributed by atoms with Gasteiger partial charge in [-0.3, -0.25) is 9.78 Å². The van der Waals surface area contributed by atoms with Crippen molar-refractivity contribution < 1.29 is 4.79 Å². The van der Waals surface area contributed by atoms with Gasteiger partial charge in [0.25, 0.3) is 0 Å². The molecule has 4 heterocycles. The van der Waals surface area contributed by atoms with Crippen molar-refractivity contribution in [1.82, 2.24) is 24.8 Å². The fourth-order valence-corrected chi connectivity index (χ4v) is 5.61. The Hall–Kier alpha value is -4.04. The van der Waals surface area contributed by atoms with Crippen molar-refractivity contribution in [3.63, 3.8) is 0 Å². The molecular formula is C30H32N6OS. The number of aryl methyl sites for hydroxylation is 3. The number of amides is 1. The van der Waals surface area contributed by atoms with E-state index in [9.17, 15) is 4.79 Å². The maximum atomic E-state index is 12.9. The van der Waals surface area contributed by atoms with Crippen molar-refractivity contribution in [2.24, 2.45) is 0 Å². The van der Waals surface area contributed by atoms with E-state index in [0.29, 0.717) is 18.1 Å². The van der Waals surface area contributed by atoms with Gasteiger partial charge in [0.1, 0.15) is 5.82 Å². The first-order chi connectivity index (χ1) is 18.3. The van der Waals surface area contributed by atoms with Crippen LogP contribution in [-0.4, -0.2) is 37.0 Å². The molecule has 0 saturated carbocycles. The van der Waals surface area contributed by atoms with E-state index in [1.807, 2.05) is 61.7 Å². The summed E-state index contributed by atoms with van der Waals surface area (Å²) in [5, 5.41) is 7.13. The van der Waals surface area contributed by atoms with Crippen molar-refractivity contribution >= 4 is 28.9 Å². The SMILES string of the molecule is Cc1cccc(NC(=O)CCN2C(=S)N[C@@H](c3ccccn3)[C@H]2c2cc(C)n(-c3ncccc3C)c2C)c1. The summed E-state index contributed by atoms with van der Waals surface area (Å²) >= 11 is 5.83. The number of pyridine rings is 2. The lowest BCUT2D eigenvalue weighted by Gasteiger charge is -2.28. The molecule has 0 spiro atoms. The topological polar surface area (TPSA) is 75.1 Å². The van der Waals surface area contributed by atoms with E-state index in [0.717, 1.165) is 45.3 Å². The second kappa shape index (κ2) is 10.8. The maximum absolute atomic E-state index is 12.9. The molecule has 2 atom stereocenters. The van der Waals surface area contributed by atoms with Crippen LogP contribution in [0.3, 0.4) is 0 Å². The maximum Gasteiger partial charge on any atom is 0.226 e. The van der Waals surface area contributed by atoms with Crippen LogP contribution in [0, 0.1) is 27.7 Å². The molecule has 1 saturated heterocycles. The highest BCUT2D eigenvalue weighted by Crippen LogP contribution is 2.41. The molecule has 1 aromatic carbocycles. The molecular weight excluding hydrogens is 492 g/mol. The summed E-state index contributed by atoms with van der Waals surface area (Å²) in [5.41, 5.74) is 7.23. The summed E-state index contributed by atoms with van der Waals surface area (Å²) in [6.07, 6.45) is 3.93. The molecule has 8 heteroatoms. The Morgan fingerprint density at radius 2 is 1.82 bits per heavy atom. The van der Waals surface area contributed by atoms with Crippen LogP contribution in [0.15, 0.2) is 73.1 Å². The molecule has 0 radical (unpaired) electrons. The van der Waals surface area contributed by atoms with E-state index >= 15 is 0 Å². The summed E-state index contributed by atoms with van der Waals surface area (Å²) in [6.45, 7) is 8.78. The smallest absolute Gasteiger partial charge is 0.226 e. The molecule has 3 aromatic heterocycles. The largest absolute Gasteiger partial charge is 0.352 e. The molecule has 1 aliphatic rings. The van der Waals surface area contributed by atoms with Gasteiger partial charge in [0.15, 0.2) is 5.11 Å². The highest BCUT2D eigenvalue weighted by Gasteiger charge is 2.41. The lowest BCUT2D eigenvalue weighted by atomic mass is 9.96. The number of hydrogen-bond acceptors (Lipinski definition) is 4. The molecule has 1 aliphatic heterocycles. The molecule has 7 nitrogen and oxygen atoms in total. The highest BCUT2D eigenvalue weighted by molar-refractivity contribution is 7.80. The number of rotatable bonds is 7. The van der Waals surface area contributed by atoms with Crippen molar-refractivity contribution in [3.05, 3.63) is 107 Å². The standard InChI is InChI=1S/C30H32N6OS/c1-19-9-7-11-23(17-19)33-26(37)13-16-35-28(27(34-30(35)38)25-12-5-6-14-31-25)24-18-21(3)36(22(24)4)29-20(2)10-8-15-32-29/h5-12,14-15,17-18,27-28H,13,16H2,1-4H3,(H,33,37)(H,34,38)/t27-,28+/m0/s1. The zero-order chi connectivity index (χ0) is 26.8. The van der Waals surface area contributed by atoms with Crippen molar-refractivity contribution in [1.29, 1.82) is 0 Å². The van der Waals surface area contributed by atoms with Crippen molar-refractivity contribution in [2.45, 2.75) is 46.2 Å². The number of aromatic nitrogens is 3. The summed E-state index contributed by atoms with van der Waals surface area (Å²) in [5.74, 6) is 0.869. The van der Waals surface area contributed by atoms with Crippen LogP contribution in [-0.2, 0) is 4.79 Å². The monoisotopic (exact) mass is 524 g/mol. The van der Waals surface area contributed by atoms with Crippen LogP contribution < -0.4 is 10.6 Å². The van der Waals surface area contributed by atoms with E-state index < -0.39 is 0 Å². The van der Waals surface area contributed by atoms with Gasteiger partial charge in [-0.2, -0.15) is 0 Å². The molecule has 38 heavy (non-hydrogen) atoms. The minimum atomic E-state index is -0.151. The molecule has 1 fully saturated rings. The minimum Gasteiger partial charge on any atom is -0.352 e. The van der Waals surface area contributed by atoms with E-state index in [4.69, 9.17) is 12.2 Å². The Morgan fingerprint density at radius 1 is 1.00 bits per heavy atom. The van der Waals surface area contributed by atoms with Crippen LogP contribution in [0.5, 0.6) is 0 Å². The average molecular weight is 525 g/mol. The second-order valence-electron chi connectivity index (χ2n) is 9.79. The second-order valence-corrected chi connectivity index (χ2v) is 10.2. The van der Waals surface area contributed by atoms with Gasteiger partial charge in [-0.05, 0) is 93.0 Å². The van der Waals surface area contributed by atoms with Gasteiger partial charge in [0, 0.05) is 42.4 Å². The van der Waals surface area contributed by atoms with Crippen LogP contribution in [0.4, 0.5) is 5.69 Å². The van der Waals surface area contributed by atoms with Crippen molar-refractivity contribution in [3.8, 4) is 5.82 Å². The van der Waals surface area contributed by atoms with Crippen LogP contribution in [0.2, 0.25) is 0 Å². The number of hydrogen-bond donors (Lipinski definition) is 2. The van der Waals surface area contributed by atoms with Gasteiger partial charge in [0.2, 0.25) is 5.91 Å². The molecule has 0 unspecified atom stereocenters. The third-order valence-corrected chi connectivity index (χ3v) is 7.41. The molecule has 4 aromatic rings. The molecule has 5 rings (SSSR count). The molecule has 194 valence electrons. The number of carbonyl (C=O) groups is 1. The fraction of sp³-hybridized carbons (Fsp3) is 0.267. The van der Waals surface area contributed by atoms with Crippen molar-refractivity contribution in [2.75, 3.05) is 11.9 Å². The van der Waals surface area contributed by atoms with Gasteiger partial charge in [-0.15, -0.1) is 0 Å². The van der Waals surface area contributed by atoms with Gasteiger partial charge in [0.05, 0.1) is 17.8 Å². The normalized spacial score (nSPS) is 16.9. The predicted octanol–water partition coefficient (Wildman–Crippen LogP) is 5.50. The summed E-state index contributed by atoms with van der Waals surface area (Å²) in [4.78, 5) is 24.3. The van der Waals surface area contributed by atoms with E-state index in [1.165, 1.54) is 0 Å². The molecule has 0 bridgehead atoms. The quantitative estimate of drug-likeness (QED) is 0.311. The first kappa shape index (κ1) is 25.6. The number of thiocarbonyl (C=S) groups is 1. The number of nitrogens with zero attached hydrogens (tertiary/aromatic N) is 4. The van der Waals surface area contributed by atoms with Gasteiger partial charge < -0.3 is 20.1 Å². The average Bonchev–Trinajstić information content (AvgIpc) is 3.38. The summed E-state index contributed by atoms with van der Waals surface area (Å²) in [6, 6.07) is 19.7. The van der Waals surface area contributed by atoms with Gasteiger partial charge in [-0.25, -0.2) is 4.98 Å². The Bertz CT molecular complexity index is 1480. The summed E-state index contributed by atoms with van der Waals surface area (Å²) < 4.78 is 2.20. The number of carbonyl (C=O) groups excluding carboxylic acids is 1. The number of benzene rings is 1. The van der Waals surface area contributed by atoms with Crippen LogP contribution >= 0.6 is 12.2 Å². The zero-order valence-corrected chi connectivity index (χ0v) is 22.9. The Morgan fingerprint density at radius 3 is 2.55 bits per heavy atom. The number of anilines is 1. The predicted molar refractivity (Wildman–Crippen MR) is 154 cm³/mol. The Balaban J connectivity index is 1.48. The summed E-state index contributed by atoms with van der Waals surface area (Å²) in [7, 11) is 0. The van der Waals surface area contributed by atoms with Gasteiger partial charge >= 0.3 is 0 Å². The van der Waals surface area contributed by atoms with Crippen LogP contribution in [0.1, 0.15) is 52.3 Å². The van der Waals surface area contributed by atoms with Gasteiger partial charge in [-0.1, -0.05) is 24.3 Å². The lowest BCUT2D eigenvalue weighted by molar-refractivity contribution is -0.116. The lowest BCUT2D eigenvalue weighted by Crippen LogP contribution is -2.32. The fourth-order valence-electron chi connectivity index (χ4n) is 5.28. The van der Waals surface area contributed by atoms with E-state index in [-0.39, 0.29) is 18.0 Å². The third kappa shape index (κ3) is 5.04. The Kier molecular flexibility index (Phi) is 7.24. The van der Waals surface area contributed by atoms with Crippen LogP contribution in [0.25, 0.3) is 5.82 Å². The number of nitrogens with one attached hydrogen (secondary N) is 2.